The van der Waals surface area contributed by atoms with Gasteiger partial charge in [0.05, 0.1) is 13.1 Å². The lowest BCUT2D eigenvalue weighted by Gasteiger charge is -2.01. The van der Waals surface area contributed by atoms with Crippen LogP contribution in [0.2, 0.25) is 0 Å². The molecule has 6 heteroatoms. The summed E-state index contributed by atoms with van der Waals surface area (Å²) in [6.45, 7) is 1.53. The minimum Gasteiger partial charge on any atom is -0.335 e. The lowest BCUT2D eigenvalue weighted by Crippen LogP contribution is -2.02. The van der Waals surface area contributed by atoms with E-state index in [9.17, 15) is 0 Å². The molecule has 21 heavy (non-hydrogen) atoms. The molecule has 0 aliphatic heterocycles. The van der Waals surface area contributed by atoms with Crippen molar-refractivity contribution in [2.45, 2.75) is 13.1 Å². The number of rotatable bonds is 4. The zero-order valence-electron chi connectivity index (χ0n) is 11.8. The first kappa shape index (κ1) is 12.0. The molecule has 0 fully saturated rings. The van der Waals surface area contributed by atoms with Gasteiger partial charge >= 0.3 is 0 Å². The number of hydrogen-bond donors (Lipinski definition) is 0. The van der Waals surface area contributed by atoms with Crippen LogP contribution in [0.15, 0.2) is 55.4 Å². The number of hydrogen-bond acceptors (Lipinski definition) is 2. The number of aromatic nitrogens is 6. The van der Waals surface area contributed by atoms with E-state index in [-0.39, 0.29) is 0 Å². The molecule has 0 aliphatic carbocycles. The van der Waals surface area contributed by atoms with Gasteiger partial charge in [-0.25, -0.2) is 0 Å². The molecule has 0 atom stereocenters. The molecule has 0 bridgehead atoms. The van der Waals surface area contributed by atoms with Crippen molar-refractivity contribution in [1.82, 2.24) is 28.5 Å². The Hall–Kier alpha value is -2.76. The summed E-state index contributed by atoms with van der Waals surface area (Å²) in [7, 11) is 2.07. The first-order valence-electron chi connectivity index (χ1n) is 6.90. The van der Waals surface area contributed by atoms with Crippen molar-refractivity contribution < 1.29 is 0 Å². The fourth-order valence-corrected chi connectivity index (χ4v) is 2.79. The van der Waals surface area contributed by atoms with E-state index in [2.05, 4.69) is 44.7 Å². The van der Waals surface area contributed by atoms with Gasteiger partial charge in [0.1, 0.15) is 5.65 Å². The fourth-order valence-electron chi connectivity index (χ4n) is 2.79. The first-order chi connectivity index (χ1) is 10.3. The topological polar surface area (TPSA) is 45.0 Å². The van der Waals surface area contributed by atoms with E-state index in [1.807, 2.05) is 40.1 Å². The minimum absolute atomic E-state index is 0.761. The molecule has 0 N–H and O–H groups in total. The van der Waals surface area contributed by atoms with Crippen molar-refractivity contribution in [2.24, 2.45) is 7.05 Å². The van der Waals surface area contributed by atoms with Crippen molar-refractivity contribution >= 4 is 5.65 Å². The highest BCUT2D eigenvalue weighted by molar-refractivity contribution is 5.53. The van der Waals surface area contributed by atoms with Crippen LogP contribution < -0.4 is 0 Å². The number of aryl methyl sites for hydroxylation is 1. The molecule has 0 aromatic carbocycles. The molecule has 4 rings (SSSR count). The Balaban J connectivity index is 1.77. The summed E-state index contributed by atoms with van der Waals surface area (Å²) < 4.78 is 8.25. The van der Waals surface area contributed by atoms with Crippen molar-refractivity contribution in [3.8, 4) is 0 Å². The molecule has 106 valence electrons. The second-order valence-electron chi connectivity index (χ2n) is 5.17. The van der Waals surface area contributed by atoms with Gasteiger partial charge in [0.15, 0.2) is 0 Å². The van der Waals surface area contributed by atoms with E-state index in [1.165, 1.54) is 16.9 Å². The summed E-state index contributed by atoms with van der Waals surface area (Å²) in [6, 6.07) is 6.13. The van der Waals surface area contributed by atoms with Crippen molar-refractivity contribution in [2.75, 3.05) is 0 Å². The minimum atomic E-state index is 0.761. The van der Waals surface area contributed by atoms with E-state index in [0.717, 1.165) is 13.1 Å². The number of nitrogens with zero attached hydrogens (tertiary/aromatic N) is 6. The third-order valence-electron chi connectivity index (χ3n) is 3.71. The lowest BCUT2D eigenvalue weighted by atomic mass is 10.3. The predicted molar refractivity (Wildman–Crippen MR) is 79.0 cm³/mol. The summed E-state index contributed by atoms with van der Waals surface area (Å²) in [5, 5.41) is 8.59. The second kappa shape index (κ2) is 4.66. The van der Waals surface area contributed by atoms with Gasteiger partial charge in [0, 0.05) is 55.5 Å². The van der Waals surface area contributed by atoms with E-state index in [0.29, 0.717) is 0 Å². The Morgan fingerprint density at radius 2 is 1.62 bits per heavy atom. The highest BCUT2D eigenvalue weighted by atomic mass is 15.3. The molecule has 0 saturated heterocycles. The zero-order valence-corrected chi connectivity index (χ0v) is 11.8. The predicted octanol–water partition coefficient (Wildman–Crippen LogP) is 1.77. The summed E-state index contributed by atoms with van der Waals surface area (Å²) in [6.07, 6.45) is 11.8. The number of fused-ring (bicyclic) bond motifs is 1. The molecule has 4 heterocycles. The summed E-state index contributed by atoms with van der Waals surface area (Å²) in [5.74, 6) is 0. The van der Waals surface area contributed by atoms with E-state index >= 15 is 0 Å². The third kappa shape index (κ3) is 2.05. The van der Waals surface area contributed by atoms with Gasteiger partial charge in [-0.3, -0.25) is 9.36 Å². The summed E-state index contributed by atoms with van der Waals surface area (Å²) in [5.41, 5.74) is 3.68. The number of imidazole rings is 1. The van der Waals surface area contributed by atoms with Crippen molar-refractivity contribution in [1.29, 1.82) is 0 Å². The summed E-state index contributed by atoms with van der Waals surface area (Å²) >= 11 is 0. The van der Waals surface area contributed by atoms with Crippen LogP contribution in [0.3, 0.4) is 0 Å². The highest BCUT2D eigenvalue weighted by Gasteiger charge is 2.13. The molecular weight excluding hydrogens is 264 g/mol. The van der Waals surface area contributed by atoms with Crippen LogP contribution in [0, 0.1) is 0 Å². The first-order valence-corrected chi connectivity index (χ1v) is 6.90. The molecule has 0 saturated carbocycles. The molecule has 0 amide bonds. The Bertz CT molecular complexity index is 848. The Kier molecular flexibility index (Phi) is 2.67. The Morgan fingerprint density at radius 1 is 0.905 bits per heavy atom. The van der Waals surface area contributed by atoms with Gasteiger partial charge in [-0.05, 0) is 18.2 Å². The third-order valence-corrected chi connectivity index (χ3v) is 3.71. The maximum absolute atomic E-state index is 4.30. The van der Waals surface area contributed by atoms with Crippen LogP contribution in [0.25, 0.3) is 5.65 Å². The molecular formula is C15H16N6. The smallest absolute Gasteiger partial charge is 0.122 e. The monoisotopic (exact) mass is 280 g/mol. The van der Waals surface area contributed by atoms with Gasteiger partial charge in [0.25, 0.3) is 0 Å². The van der Waals surface area contributed by atoms with E-state index in [4.69, 9.17) is 0 Å². The largest absolute Gasteiger partial charge is 0.335 e. The SMILES string of the molecule is Cn1ccn2c(Cn3cccn3)cc(Cn3cccn3)c12. The molecule has 4 aromatic heterocycles. The van der Waals surface area contributed by atoms with Crippen LogP contribution in [0.5, 0.6) is 0 Å². The zero-order chi connectivity index (χ0) is 14.2. The maximum atomic E-state index is 4.30. The molecule has 4 aromatic rings. The second-order valence-corrected chi connectivity index (χ2v) is 5.17. The van der Waals surface area contributed by atoms with E-state index in [1.54, 1.807) is 6.20 Å². The average Bonchev–Trinajstić information content (AvgIpc) is 3.21. The molecule has 0 unspecified atom stereocenters. The van der Waals surface area contributed by atoms with Gasteiger partial charge in [-0.15, -0.1) is 0 Å². The van der Waals surface area contributed by atoms with E-state index < -0.39 is 0 Å². The fraction of sp³-hybridized carbons (Fsp3) is 0.200. The molecule has 0 aliphatic rings. The quantitative estimate of drug-likeness (QED) is 0.572. The van der Waals surface area contributed by atoms with Gasteiger partial charge in [0.2, 0.25) is 0 Å². The van der Waals surface area contributed by atoms with Crippen LogP contribution in [-0.4, -0.2) is 28.5 Å². The van der Waals surface area contributed by atoms with Gasteiger partial charge in [-0.1, -0.05) is 0 Å². The lowest BCUT2D eigenvalue weighted by molar-refractivity contribution is 0.668. The highest BCUT2D eigenvalue weighted by Crippen LogP contribution is 2.19. The normalized spacial score (nSPS) is 11.5. The van der Waals surface area contributed by atoms with Crippen LogP contribution in [-0.2, 0) is 20.1 Å². The Morgan fingerprint density at radius 3 is 2.29 bits per heavy atom. The summed E-state index contributed by atoms with van der Waals surface area (Å²) in [4.78, 5) is 0. The van der Waals surface area contributed by atoms with Crippen LogP contribution in [0.1, 0.15) is 11.3 Å². The molecule has 0 radical (unpaired) electrons. The standard InChI is InChI=1S/C15H16N6/c1-18-8-9-21-14(12-20-7-3-5-17-20)10-13(15(18)21)11-19-6-2-4-16-19/h2-10H,11-12H2,1H3. The maximum Gasteiger partial charge on any atom is 0.122 e. The average molecular weight is 280 g/mol. The van der Waals surface area contributed by atoms with Crippen LogP contribution >= 0.6 is 0 Å². The van der Waals surface area contributed by atoms with Crippen LogP contribution in [0.4, 0.5) is 0 Å². The molecule has 6 nitrogen and oxygen atoms in total. The Labute approximate surface area is 121 Å². The molecule has 0 spiro atoms. The van der Waals surface area contributed by atoms with Gasteiger partial charge < -0.3 is 8.97 Å². The van der Waals surface area contributed by atoms with Crippen molar-refractivity contribution in [3.05, 3.63) is 66.6 Å². The van der Waals surface area contributed by atoms with Gasteiger partial charge in [-0.2, -0.15) is 10.2 Å². The van der Waals surface area contributed by atoms with Crippen molar-refractivity contribution in [3.63, 3.8) is 0 Å².